The van der Waals surface area contributed by atoms with Gasteiger partial charge in [-0.2, -0.15) is 0 Å². The van der Waals surface area contributed by atoms with E-state index in [1.54, 1.807) is 0 Å². The molecule has 0 unspecified atom stereocenters. The van der Waals surface area contributed by atoms with Crippen molar-refractivity contribution in [1.29, 1.82) is 0 Å². The first-order valence-electron chi connectivity index (χ1n) is 10.5. The Morgan fingerprint density at radius 3 is 2.27 bits per heavy atom. The Kier molecular flexibility index (Phi) is 4.67. The third kappa shape index (κ3) is 4.03. The molecular formula is C25H36N+. The summed E-state index contributed by atoms with van der Waals surface area (Å²) in [6.45, 7) is 13.6. The van der Waals surface area contributed by atoms with E-state index in [-0.39, 0.29) is 5.41 Å². The van der Waals surface area contributed by atoms with Crippen LogP contribution in [0.4, 0.5) is 0 Å². The minimum absolute atomic E-state index is 0.168. The number of rotatable bonds is 2. The van der Waals surface area contributed by atoms with E-state index in [9.17, 15) is 0 Å². The summed E-state index contributed by atoms with van der Waals surface area (Å²) >= 11 is 0. The maximum atomic E-state index is 9.04. The second kappa shape index (κ2) is 6.83. The molecule has 1 fully saturated rings. The fourth-order valence-electron chi connectivity index (χ4n) is 4.03. The second-order valence-electron chi connectivity index (χ2n) is 9.96. The van der Waals surface area contributed by atoms with Gasteiger partial charge in [-0.3, -0.25) is 0 Å². The van der Waals surface area contributed by atoms with E-state index in [0.717, 1.165) is 31.2 Å². The number of benzene rings is 1. The molecule has 0 N–H and O–H groups in total. The minimum Gasteiger partial charge on any atom is -0.201 e. The van der Waals surface area contributed by atoms with E-state index in [4.69, 9.17) is 1.37 Å². The highest BCUT2D eigenvalue weighted by molar-refractivity contribution is 5.62. The van der Waals surface area contributed by atoms with Crippen molar-refractivity contribution in [2.75, 3.05) is 0 Å². The summed E-state index contributed by atoms with van der Waals surface area (Å²) in [5.41, 5.74) is 6.90. The van der Waals surface area contributed by atoms with Crippen molar-refractivity contribution >= 4 is 0 Å². The summed E-state index contributed by atoms with van der Waals surface area (Å²) < 4.78 is 11.2. The molecule has 0 saturated heterocycles. The van der Waals surface area contributed by atoms with Crippen molar-refractivity contribution in [2.45, 2.75) is 78.5 Å². The van der Waals surface area contributed by atoms with Gasteiger partial charge in [0, 0.05) is 18.6 Å². The summed E-state index contributed by atoms with van der Waals surface area (Å²) in [6, 6.07) is 11.2. The molecule has 0 atom stereocenters. The molecule has 0 radical (unpaired) electrons. The molecule has 140 valence electrons. The van der Waals surface area contributed by atoms with Crippen molar-refractivity contribution in [2.24, 2.45) is 12.5 Å². The average molecular weight is 352 g/mol. The monoisotopic (exact) mass is 351 g/mol. The molecule has 0 spiro atoms. The molecule has 2 aromatic rings. The van der Waals surface area contributed by atoms with Crippen LogP contribution in [0.3, 0.4) is 0 Å². The van der Waals surface area contributed by atoms with Crippen LogP contribution in [-0.4, -0.2) is 0 Å². The highest BCUT2D eigenvalue weighted by Crippen LogP contribution is 2.42. The zero-order valence-corrected chi connectivity index (χ0v) is 17.7. The van der Waals surface area contributed by atoms with Gasteiger partial charge in [-0.25, -0.2) is 4.57 Å². The maximum absolute atomic E-state index is 9.04. The lowest BCUT2D eigenvalue weighted by Gasteiger charge is -2.34. The van der Waals surface area contributed by atoms with Crippen LogP contribution in [-0.2, 0) is 12.5 Å². The number of hydrogen-bond acceptors (Lipinski definition) is 0. The molecule has 3 rings (SSSR count). The molecule has 1 nitrogen and oxygen atoms in total. The van der Waals surface area contributed by atoms with Gasteiger partial charge in [0.2, 0.25) is 5.69 Å². The van der Waals surface area contributed by atoms with Crippen LogP contribution in [0.2, 0.25) is 0 Å². The van der Waals surface area contributed by atoms with Crippen molar-refractivity contribution < 1.29 is 5.94 Å². The van der Waals surface area contributed by atoms with Crippen LogP contribution in [0.25, 0.3) is 11.3 Å². The van der Waals surface area contributed by atoms with E-state index in [1.165, 1.54) is 22.4 Å². The first-order valence-corrected chi connectivity index (χ1v) is 10.0. The van der Waals surface area contributed by atoms with Crippen LogP contribution in [0.15, 0.2) is 36.5 Å². The van der Waals surface area contributed by atoms with Crippen LogP contribution in [0.1, 0.15) is 84.3 Å². The number of aryl methyl sites for hydroxylation is 2. The summed E-state index contributed by atoms with van der Waals surface area (Å²) in [5.74, 6) is -0.434. The predicted octanol–water partition coefficient (Wildman–Crippen LogP) is 6.47. The summed E-state index contributed by atoms with van der Waals surface area (Å²) in [4.78, 5) is 0. The topological polar surface area (TPSA) is 3.88 Å². The predicted molar refractivity (Wildman–Crippen MR) is 111 cm³/mol. The Morgan fingerprint density at radius 1 is 1.08 bits per heavy atom. The van der Waals surface area contributed by atoms with Gasteiger partial charge < -0.3 is 0 Å². The minimum atomic E-state index is -0.434. The van der Waals surface area contributed by atoms with Gasteiger partial charge in [0.1, 0.15) is 7.05 Å². The number of hydrogen-bond donors (Lipinski definition) is 0. The molecule has 1 aromatic carbocycles. The molecule has 1 heteroatoms. The number of nitrogens with zero attached hydrogens (tertiary/aromatic N) is 1. The van der Waals surface area contributed by atoms with Crippen LogP contribution in [0, 0.1) is 12.3 Å². The highest BCUT2D eigenvalue weighted by Gasteiger charge is 2.29. The fourth-order valence-corrected chi connectivity index (χ4v) is 4.03. The third-order valence-corrected chi connectivity index (χ3v) is 6.12. The maximum Gasteiger partial charge on any atom is 0.212 e. The van der Waals surface area contributed by atoms with E-state index in [0.29, 0.717) is 5.41 Å². The van der Waals surface area contributed by atoms with Crippen LogP contribution < -0.4 is 4.57 Å². The first kappa shape index (κ1) is 17.8. The fraction of sp³-hybridized carbons (Fsp3) is 0.560. The van der Waals surface area contributed by atoms with E-state index < -0.39 is 5.89 Å². The lowest BCUT2D eigenvalue weighted by molar-refractivity contribution is -0.660. The third-order valence-electron chi connectivity index (χ3n) is 6.12. The van der Waals surface area contributed by atoms with E-state index >= 15 is 0 Å². The molecule has 1 aliphatic rings. The normalized spacial score (nSPS) is 19.9. The van der Waals surface area contributed by atoms with Gasteiger partial charge in [-0.05, 0) is 72.6 Å². The number of pyridine rings is 1. The molecular weight excluding hydrogens is 314 g/mol. The molecule has 0 bridgehead atoms. The Bertz CT molecular complexity index is 832. The second-order valence-corrected chi connectivity index (χ2v) is 9.96. The Balaban J connectivity index is 1.92. The Morgan fingerprint density at radius 2 is 1.73 bits per heavy atom. The molecule has 0 aliphatic heterocycles. The van der Waals surface area contributed by atoms with Gasteiger partial charge in [-0.15, -0.1) is 0 Å². The van der Waals surface area contributed by atoms with Crippen molar-refractivity contribution in [3.63, 3.8) is 0 Å². The summed E-state index contributed by atoms with van der Waals surface area (Å²) in [6.07, 6.45) is 6.37. The zero-order valence-electron chi connectivity index (χ0n) is 18.7. The standard InChI is InChI=1S/C25H36N/c1-18-16-21(24(2,3)4)9-10-22(18)23-11-8-20(17-26(23)7)19-12-14-25(5,6)15-13-19/h8-11,16-17,19H,12-15H2,1-7H3/q+1/i19D. The molecule has 1 saturated carbocycles. The number of aromatic nitrogens is 1. The van der Waals surface area contributed by atoms with E-state index in [2.05, 4.69) is 89.7 Å². The van der Waals surface area contributed by atoms with Gasteiger partial charge in [0.15, 0.2) is 6.20 Å². The van der Waals surface area contributed by atoms with Gasteiger partial charge in [0.25, 0.3) is 0 Å². The van der Waals surface area contributed by atoms with Crippen molar-refractivity contribution in [1.82, 2.24) is 0 Å². The Labute approximate surface area is 161 Å². The lowest BCUT2D eigenvalue weighted by Crippen LogP contribution is -2.32. The Hall–Kier alpha value is -1.63. The van der Waals surface area contributed by atoms with Crippen molar-refractivity contribution in [3.8, 4) is 11.3 Å². The molecule has 1 aromatic heterocycles. The first-order chi connectivity index (χ1) is 12.4. The van der Waals surface area contributed by atoms with Crippen LogP contribution >= 0.6 is 0 Å². The smallest absolute Gasteiger partial charge is 0.201 e. The quantitative estimate of drug-likeness (QED) is 0.546. The van der Waals surface area contributed by atoms with Crippen molar-refractivity contribution in [3.05, 3.63) is 53.2 Å². The molecule has 0 amide bonds. The average Bonchev–Trinajstić information content (AvgIpc) is 2.57. The van der Waals surface area contributed by atoms with Gasteiger partial charge >= 0.3 is 0 Å². The molecule has 26 heavy (non-hydrogen) atoms. The summed E-state index contributed by atoms with van der Waals surface area (Å²) in [7, 11) is 2.12. The van der Waals surface area contributed by atoms with E-state index in [1.807, 2.05) is 0 Å². The van der Waals surface area contributed by atoms with Gasteiger partial charge in [0.05, 0.1) is 0 Å². The molecule has 1 heterocycles. The highest BCUT2D eigenvalue weighted by atomic mass is 14.9. The van der Waals surface area contributed by atoms with Crippen LogP contribution in [0.5, 0.6) is 0 Å². The largest absolute Gasteiger partial charge is 0.212 e. The zero-order chi connectivity index (χ0) is 20.0. The molecule has 1 aliphatic carbocycles. The lowest BCUT2D eigenvalue weighted by atomic mass is 9.71. The summed E-state index contributed by atoms with van der Waals surface area (Å²) in [5, 5.41) is 0. The van der Waals surface area contributed by atoms with Gasteiger partial charge in [-0.1, -0.05) is 46.8 Å². The SMILES string of the molecule is [2H]C1(c2ccc(-c3ccc(C(C)(C)C)cc3C)[n+](C)c2)CCC(C)(C)CC1.